The molecule has 0 bridgehead atoms. The van der Waals surface area contributed by atoms with Crippen molar-refractivity contribution in [1.82, 2.24) is 26.0 Å². The number of benzene rings is 1. The molecule has 2 aromatic rings. The van der Waals surface area contributed by atoms with Gasteiger partial charge in [-0.1, -0.05) is 63.2 Å². The second kappa shape index (κ2) is 15.8. The number of carbonyl (C=O) groups is 4. The van der Waals surface area contributed by atoms with E-state index in [1.807, 2.05) is 58.0 Å². The topological polar surface area (TPSA) is 155 Å². The second-order valence-electron chi connectivity index (χ2n) is 13.6. The molecular formula is C34H49N5O7. The van der Waals surface area contributed by atoms with Gasteiger partial charge >= 0.3 is 0 Å². The highest BCUT2D eigenvalue weighted by Crippen LogP contribution is 2.29. The first-order chi connectivity index (χ1) is 21.8. The molecule has 2 saturated heterocycles. The van der Waals surface area contributed by atoms with Crippen LogP contribution in [0.1, 0.15) is 76.2 Å². The Kier molecular flexibility index (Phi) is 12.1. The van der Waals surface area contributed by atoms with E-state index < -0.39 is 41.4 Å². The molecule has 0 saturated carbocycles. The molecule has 4 rings (SSSR count). The van der Waals surface area contributed by atoms with Gasteiger partial charge in [0, 0.05) is 25.1 Å². The number of Topliss-reactive ketones (excluding diaryl/α,β-unsaturated/α-hetero) is 1. The summed E-state index contributed by atoms with van der Waals surface area (Å²) >= 11 is 0. The van der Waals surface area contributed by atoms with Gasteiger partial charge in [0.1, 0.15) is 17.7 Å². The number of aromatic nitrogens is 1. The summed E-state index contributed by atoms with van der Waals surface area (Å²) in [6.07, 6.45) is 0.965. The zero-order valence-corrected chi connectivity index (χ0v) is 27.8. The summed E-state index contributed by atoms with van der Waals surface area (Å²) in [5.41, 5.74) is 0.00206. The lowest BCUT2D eigenvalue weighted by molar-refractivity contribution is -0.133. The van der Waals surface area contributed by atoms with Crippen molar-refractivity contribution < 1.29 is 33.2 Å². The summed E-state index contributed by atoms with van der Waals surface area (Å²) in [5.74, 6) is -0.977. The Hall–Kier alpha value is -3.61. The Bertz CT molecular complexity index is 1340. The minimum Gasteiger partial charge on any atom is -0.379 e. The van der Waals surface area contributed by atoms with E-state index in [1.165, 1.54) is 0 Å². The van der Waals surface area contributed by atoms with Crippen molar-refractivity contribution in [3.8, 4) is 0 Å². The van der Waals surface area contributed by atoms with Crippen LogP contribution in [0.25, 0.3) is 0 Å². The fraction of sp³-hybridized carbons (Fsp3) is 0.618. The molecule has 2 aliphatic rings. The maximum absolute atomic E-state index is 13.8. The van der Waals surface area contributed by atoms with E-state index in [4.69, 9.17) is 14.0 Å². The number of hydrogen-bond donors (Lipinski definition) is 3. The summed E-state index contributed by atoms with van der Waals surface area (Å²) in [6.45, 7) is 14.4. The standard InChI is InChI=1S/C34H49N5O7/c1-21(2)14-26(30(40)34(6)20-45-34)35-32(42)28(16-24-10-8-7-9-11-24)37-31(41)27(15-22(3)4)36-33(43)29-17-25(46-38-29)18-39-12-13-44-19-23(39)5/h7-11,17,21-23,26-28H,12-16,18-20H2,1-6H3,(H,35,42)(H,36,43)(H,37,41)/t23-,26-,27-,28-,34?/m0/s1. The molecule has 2 fully saturated rings. The van der Waals surface area contributed by atoms with E-state index in [0.29, 0.717) is 45.0 Å². The van der Waals surface area contributed by atoms with Gasteiger partial charge in [-0.05, 0) is 44.1 Å². The summed E-state index contributed by atoms with van der Waals surface area (Å²) in [5, 5.41) is 12.5. The van der Waals surface area contributed by atoms with E-state index >= 15 is 0 Å². The summed E-state index contributed by atoms with van der Waals surface area (Å²) in [6, 6.07) is 8.43. The van der Waals surface area contributed by atoms with Gasteiger partial charge in [-0.2, -0.15) is 0 Å². The molecule has 1 aromatic heterocycles. The maximum atomic E-state index is 13.8. The van der Waals surface area contributed by atoms with Crippen molar-refractivity contribution in [3.63, 3.8) is 0 Å². The van der Waals surface area contributed by atoms with E-state index in [2.05, 4.69) is 32.9 Å². The van der Waals surface area contributed by atoms with E-state index in [1.54, 1.807) is 13.0 Å². The third-order valence-corrected chi connectivity index (χ3v) is 8.34. The Morgan fingerprint density at radius 1 is 0.957 bits per heavy atom. The van der Waals surface area contributed by atoms with Crippen molar-refractivity contribution >= 4 is 23.5 Å². The Morgan fingerprint density at radius 2 is 1.59 bits per heavy atom. The smallest absolute Gasteiger partial charge is 0.274 e. The molecule has 3 amide bonds. The van der Waals surface area contributed by atoms with Gasteiger partial charge in [0.05, 0.1) is 32.4 Å². The minimum absolute atomic E-state index is 0.0560. The maximum Gasteiger partial charge on any atom is 0.274 e. The van der Waals surface area contributed by atoms with Crippen LogP contribution in [0.2, 0.25) is 0 Å². The SMILES string of the molecule is CC(C)C[C@H](NC(=O)c1cc(CN2CCOC[C@@H]2C)on1)C(=O)N[C@@H](Cc1ccccc1)C(=O)N[C@@H](CC(C)C)C(=O)C1(C)CO1. The van der Waals surface area contributed by atoms with Crippen LogP contribution in [0.4, 0.5) is 0 Å². The van der Waals surface area contributed by atoms with Gasteiger partial charge in [-0.15, -0.1) is 0 Å². The van der Waals surface area contributed by atoms with Crippen LogP contribution in [-0.4, -0.2) is 89.7 Å². The largest absolute Gasteiger partial charge is 0.379 e. The van der Waals surface area contributed by atoms with E-state index in [-0.39, 0.29) is 35.8 Å². The lowest BCUT2D eigenvalue weighted by Gasteiger charge is -2.32. The molecule has 3 heterocycles. The molecule has 0 spiro atoms. The number of amides is 3. The Balaban J connectivity index is 1.47. The van der Waals surface area contributed by atoms with Crippen LogP contribution in [0, 0.1) is 11.8 Å². The average Bonchev–Trinajstić information content (AvgIpc) is 3.58. The summed E-state index contributed by atoms with van der Waals surface area (Å²) in [4.78, 5) is 56.2. The molecule has 12 heteroatoms. The van der Waals surface area contributed by atoms with Crippen LogP contribution in [0.15, 0.2) is 40.9 Å². The zero-order chi connectivity index (χ0) is 33.4. The molecule has 0 radical (unpaired) electrons. The highest BCUT2D eigenvalue weighted by atomic mass is 16.6. The number of epoxide rings is 1. The molecule has 1 aromatic carbocycles. The lowest BCUT2D eigenvalue weighted by atomic mass is 9.93. The molecule has 0 aliphatic carbocycles. The first-order valence-corrected chi connectivity index (χ1v) is 16.3. The second-order valence-corrected chi connectivity index (χ2v) is 13.6. The average molecular weight is 640 g/mol. The van der Waals surface area contributed by atoms with Crippen LogP contribution >= 0.6 is 0 Å². The number of morpholine rings is 1. The molecule has 5 atom stereocenters. The zero-order valence-electron chi connectivity index (χ0n) is 27.8. The van der Waals surface area contributed by atoms with Gasteiger partial charge < -0.3 is 29.9 Å². The van der Waals surface area contributed by atoms with Gasteiger partial charge in [0.2, 0.25) is 11.8 Å². The molecular weight excluding hydrogens is 590 g/mol. The van der Waals surface area contributed by atoms with Crippen molar-refractivity contribution in [2.75, 3.05) is 26.4 Å². The highest BCUT2D eigenvalue weighted by molar-refractivity contribution is 5.99. The van der Waals surface area contributed by atoms with Gasteiger partial charge in [0.15, 0.2) is 17.2 Å². The number of hydrogen-bond acceptors (Lipinski definition) is 9. The predicted octanol–water partition coefficient (Wildman–Crippen LogP) is 2.66. The molecule has 12 nitrogen and oxygen atoms in total. The number of rotatable bonds is 16. The Morgan fingerprint density at radius 3 is 2.22 bits per heavy atom. The first-order valence-electron chi connectivity index (χ1n) is 16.3. The van der Waals surface area contributed by atoms with Crippen molar-refractivity contribution in [1.29, 1.82) is 0 Å². The molecule has 2 aliphatic heterocycles. The molecule has 252 valence electrons. The Labute approximate surface area is 271 Å². The number of nitrogens with zero attached hydrogens (tertiary/aromatic N) is 2. The van der Waals surface area contributed by atoms with Crippen molar-refractivity contribution in [2.24, 2.45) is 11.8 Å². The monoisotopic (exact) mass is 639 g/mol. The highest BCUT2D eigenvalue weighted by Gasteiger charge is 2.50. The number of carbonyl (C=O) groups excluding carboxylic acids is 4. The van der Waals surface area contributed by atoms with Crippen LogP contribution in [-0.2, 0) is 36.8 Å². The van der Waals surface area contributed by atoms with Gasteiger partial charge in [-0.3, -0.25) is 24.1 Å². The van der Waals surface area contributed by atoms with Crippen molar-refractivity contribution in [3.05, 3.63) is 53.4 Å². The minimum atomic E-state index is -0.994. The summed E-state index contributed by atoms with van der Waals surface area (Å²) < 4.78 is 16.3. The number of ether oxygens (including phenoxy) is 2. The predicted molar refractivity (Wildman–Crippen MR) is 171 cm³/mol. The summed E-state index contributed by atoms with van der Waals surface area (Å²) in [7, 11) is 0. The van der Waals surface area contributed by atoms with Crippen LogP contribution in [0.3, 0.4) is 0 Å². The fourth-order valence-corrected chi connectivity index (χ4v) is 5.55. The quantitative estimate of drug-likeness (QED) is 0.235. The third kappa shape index (κ3) is 9.94. The van der Waals surface area contributed by atoms with Crippen LogP contribution < -0.4 is 16.0 Å². The lowest BCUT2D eigenvalue weighted by Crippen LogP contribution is -2.57. The number of nitrogens with one attached hydrogen (secondary N) is 3. The number of ketones is 1. The van der Waals surface area contributed by atoms with Gasteiger partial charge in [-0.25, -0.2) is 0 Å². The first kappa shape index (κ1) is 35.2. The third-order valence-electron chi connectivity index (χ3n) is 8.34. The van der Waals surface area contributed by atoms with Gasteiger partial charge in [0.25, 0.3) is 5.91 Å². The molecule has 1 unspecified atom stereocenters. The van der Waals surface area contributed by atoms with Crippen molar-refractivity contribution in [2.45, 2.75) is 97.1 Å². The van der Waals surface area contributed by atoms with Crippen LogP contribution in [0.5, 0.6) is 0 Å². The molecule has 3 N–H and O–H groups in total. The fourth-order valence-electron chi connectivity index (χ4n) is 5.55. The van der Waals surface area contributed by atoms with E-state index in [9.17, 15) is 19.2 Å². The molecule has 46 heavy (non-hydrogen) atoms. The van der Waals surface area contributed by atoms with E-state index in [0.717, 1.165) is 12.1 Å². The normalized spacial score (nSPS) is 21.8.